The summed E-state index contributed by atoms with van der Waals surface area (Å²) in [6, 6.07) is 10.1. The molecule has 0 saturated carbocycles. The molecule has 0 radical (unpaired) electrons. The molecule has 126 valence electrons. The van der Waals surface area contributed by atoms with E-state index in [9.17, 15) is 0 Å². The molecule has 0 fully saturated rings. The fourth-order valence-corrected chi connectivity index (χ4v) is 2.85. The number of aryl methyl sites for hydroxylation is 3. The average molecular weight is 333 g/mol. The standard InChI is InChI=1S/C18H19N7/c1-23-12-16(18(21-23)15-6-3-2-4-7-15)17-13-25(22-20-17)10-5-9-24-11-8-19-14-24/h2-4,6-8,11-14H,5,9-10H2,1H3. The van der Waals surface area contributed by atoms with Crippen LogP contribution in [0, 0.1) is 0 Å². The number of aromatic nitrogens is 7. The molecule has 1 aromatic carbocycles. The molecular formula is C18H19N7. The van der Waals surface area contributed by atoms with Gasteiger partial charge in [-0.3, -0.25) is 9.36 Å². The van der Waals surface area contributed by atoms with Crippen LogP contribution in [0.1, 0.15) is 6.42 Å². The monoisotopic (exact) mass is 333 g/mol. The Kier molecular flexibility index (Phi) is 4.12. The molecule has 0 bridgehead atoms. The fourth-order valence-electron chi connectivity index (χ4n) is 2.85. The predicted molar refractivity (Wildman–Crippen MR) is 94.5 cm³/mol. The van der Waals surface area contributed by atoms with Crippen molar-refractivity contribution in [3.63, 3.8) is 0 Å². The number of benzene rings is 1. The van der Waals surface area contributed by atoms with Gasteiger partial charge in [0.2, 0.25) is 0 Å². The van der Waals surface area contributed by atoms with Gasteiger partial charge in [-0.2, -0.15) is 5.10 Å². The third-order valence-corrected chi connectivity index (χ3v) is 4.05. The maximum absolute atomic E-state index is 4.59. The second-order valence-electron chi connectivity index (χ2n) is 5.95. The summed E-state index contributed by atoms with van der Waals surface area (Å²) in [5, 5.41) is 13.2. The lowest BCUT2D eigenvalue weighted by molar-refractivity contribution is 0.514. The molecule has 0 unspecified atom stereocenters. The van der Waals surface area contributed by atoms with E-state index in [1.165, 1.54) is 0 Å². The third kappa shape index (κ3) is 3.35. The van der Waals surface area contributed by atoms with Crippen LogP contribution in [0.15, 0.2) is 61.4 Å². The van der Waals surface area contributed by atoms with Crippen molar-refractivity contribution >= 4 is 0 Å². The zero-order valence-electron chi connectivity index (χ0n) is 14.0. The Hall–Kier alpha value is -3.22. The zero-order chi connectivity index (χ0) is 17.1. The first-order valence-corrected chi connectivity index (χ1v) is 8.25. The first kappa shape index (κ1) is 15.3. The Labute approximate surface area is 145 Å². The Balaban J connectivity index is 1.52. The quantitative estimate of drug-likeness (QED) is 0.544. The molecule has 0 amide bonds. The van der Waals surface area contributed by atoms with Crippen molar-refractivity contribution in [1.82, 2.24) is 34.3 Å². The van der Waals surface area contributed by atoms with Gasteiger partial charge in [-0.1, -0.05) is 35.5 Å². The van der Waals surface area contributed by atoms with Crippen molar-refractivity contribution in [2.75, 3.05) is 0 Å². The van der Waals surface area contributed by atoms with Crippen LogP contribution < -0.4 is 0 Å². The van der Waals surface area contributed by atoms with E-state index in [2.05, 4.69) is 37.1 Å². The SMILES string of the molecule is Cn1cc(-c2cn(CCCn3ccnc3)nn2)c(-c2ccccc2)n1. The fraction of sp³-hybridized carbons (Fsp3) is 0.222. The van der Waals surface area contributed by atoms with E-state index in [1.807, 2.05) is 59.5 Å². The van der Waals surface area contributed by atoms with Gasteiger partial charge >= 0.3 is 0 Å². The second kappa shape index (κ2) is 6.72. The van der Waals surface area contributed by atoms with Crippen molar-refractivity contribution in [3.8, 4) is 22.5 Å². The summed E-state index contributed by atoms with van der Waals surface area (Å²) in [6.45, 7) is 1.73. The van der Waals surface area contributed by atoms with Gasteiger partial charge in [0.25, 0.3) is 0 Å². The highest BCUT2D eigenvalue weighted by molar-refractivity contribution is 5.78. The summed E-state index contributed by atoms with van der Waals surface area (Å²) in [5.41, 5.74) is 3.84. The molecular weight excluding hydrogens is 314 g/mol. The molecule has 3 aromatic heterocycles. The maximum Gasteiger partial charge on any atom is 0.116 e. The molecule has 0 atom stereocenters. The van der Waals surface area contributed by atoms with E-state index in [0.29, 0.717) is 0 Å². The van der Waals surface area contributed by atoms with Crippen LogP contribution in [0.3, 0.4) is 0 Å². The molecule has 0 aliphatic rings. The molecule has 0 saturated heterocycles. The normalized spacial score (nSPS) is 11.1. The van der Waals surface area contributed by atoms with E-state index >= 15 is 0 Å². The van der Waals surface area contributed by atoms with Crippen molar-refractivity contribution in [2.24, 2.45) is 7.05 Å². The molecule has 4 aromatic rings. The highest BCUT2D eigenvalue weighted by Crippen LogP contribution is 2.29. The van der Waals surface area contributed by atoms with Crippen molar-refractivity contribution in [3.05, 3.63) is 61.4 Å². The predicted octanol–water partition coefficient (Wildman–Crippen LogP) is 2.63. The second-order valence-corrected chi connectivity index (χ2v) is 5.95. The van der Waals surface area contributed by atoms with Gasteiger partial charge in [-0.15, -0.1) is 5.10 Å². The summed E-state index contributed by atoms with van der Waals surface area (Å²) in [7, 11) is 1.92. The minimum absolute atomic E-state index is 0.812. The number of rotatable bonds is 6. The van der Waals surface area contributed by atoms with Crippen LogP contribution >= 0.6 is 0 Å². The lowest BCUT2D eigenvalue weighted by Crippen LogP contribution is -2.03. The Morgan fingerprint density at radius 3 is 2.72 bits per heavy atom. The zero-order valence-corrected chi connectivity index (χ0v) is 14.0. The summed E-state index contributed by atoms with van der Waals surface area (Å²) in [5.74, 6) is 0. The van der Waals surface area contributed by atoms with Crippen LogP contribution in [0.5, 0.6) is 0 Å². The molecule has 4 rings (SSSR count). The van der Waals surface area contributed by atoms with Crippen LogP contribution in [-0.2, 0) is 20.1 Å². The largest absolute Gasteiger partial charge is 0.337 e. The van der Waals surface area contributed by atoms with E-state index in [4.69, 9.17) is 0 Å². The Bertz CT molecular complexity index is 935. The maximum atomic E-state index is 4.59. The van der Waals surface area contributed by atoms with E-state index in [0.717, 1.165) is 42.0 Å². The molecule has 0 aliphatic heterocycles. The Morgan fingerprint density at radius 1 is 1.04 bits per heavy atom. The lowest BCUT2D eigenvalue weighted by atomic mass is 10.1. The highest BCUT2D eigenvalue weighted by atomic mass is 15.4. The van der Waals surface area contributed by atoms with E-state index in [-0.39, 0.29) is 0 Å². The van der Waals surface area contributed by atoms with Crippen LogP contribution in [0.25, 0.3) is 22.5 Å². The van der Waals surface area contributed by atoms with Crippen LogP contribution in [0.2, 0.25) is 0 Å². The number of nitrogens with zero attached hydrogens (tertiary/aromatic N) is 7. The van der Waals surface area contributed by atoms with Crippen molar-refractivity contribution in [2.45, 2.75) is 19.5 Å². The molecule has 7 nitrogen and oxygen atoms in total. The summed E-state index contributed by atoms with van der Waals surface area (Å²) >= 11 is 0. The van der Waals surface area contributed by atoms with Gasteiger partial charge in [-0.05, 0) is 6.42 Å². The summed E-state index contributed by atoms with van der Waals surface area (Å²) < 4.78 is 5.76. The minimum atomic E-state index is 0.812. The topological polar surface area (TPSA) is 66.3 Å². The van der Waals surface area contributed by atoms with Gasteiger partial charge in [0, 0.05) is 49.9 Å². The Morgan fingerprint density at radius 2 is 1.92 bits per heavy atom. The van der Waals surface area contributed by atoms with Gasteiger partial charge < -0.3 is 4.57 Å². The van der Waals surface area contributed by atoms with E-state index in [1.54, 1.807) is 6.20 Å². The number of imidazole rings is 1. The summed E-state index contributed by atoms with van der Waals surface area (Å²) in [6.07, 6.45) is 10.5. The molecule has 7 heteroatoms. The van der Waals surface area contributed by atoms with Crippen molar-refractivity contribution in [1.29, 1.82) is 0 Å². The van der Waals surface area contributed by atoms with Crippen molar-refractivity contribution < 1.29 is 0 Å². The molecule has 3 heterocycles. The first-order chi connectivity index (χ1) is 12.3. The van der Waals surface area contributed by atoms with Crippen LogP contribution in [0.4, 0.5) is 0 Å². The average Bonchev–Trinajstić information content (AvgIpc) is 3.36. The molecule has 0 N–H and O–H groups in total. The van der Waals surface area contributed by atoms with Gasteiger partial charge in [0.1, 0.15) is 11.4 Å². The van der Waals surface area contributed by atoms with Crippen LogP contribution in [-0.4, -0.2) is 34.3 Å². The smallest absolute Gasteiger partial charge is 0.116 e. The highest BCUT2D eigenvalue weighted by Gasteiger charge is 2.14. The number of hydrogen-bond donors (Lipinski definition) is 0. The minimum Gasteiger partial charge on any atom is -0.337 e. The van der Waals surface area contributed by atoms with Gasteiger partial charge in [0.15, 0.2) is 0 Å². The molecule has 0 aliphatic carbocycles. The van der Waals surface area contributed by atoms with Gasteiger partial charge in [0.05, 0.1) is 12.5 Å². The first-order valence-electron chi connectivity index (χ1n) is 8.25. The summed E-state index contributed by atoms with van der Waals surface area (Å²) in [4.78, 5) is 4.05. The van der Waals surface area contributed by atoms with Gasteiger partial charge in [-0.25, -0.2) is 4.98 Å². The third-order valence-electron chi connectivity index (χ3n) is 4.05. The van der Waals surface area contributed by atoms with E-state index < -0.39 is 0 Å². The molecule has 25 heavy (non-hydrogen) atoms. The number of hydrogen-bond acceptors (Lipinski definition) is 4. The molecule has 0 spiro atoms. The lowest BCUT2D eigenvalue weighted by Gasteiger charge is -2.01.